The number of nitrogens with zero attached hydrogens (tertiary/aromatic N) is 4. The average Bonchev–Trinajstić information content (AvgIpc) is 3.17. The third kappa shape index (κ3) is 4.45. The largest absolute Gasteiger partial charge is 0.303 e. The van der Waals surface area contributed by atoms with E-state index >= 15 is 0 Å². The minimum atomic E-state index is 0.756. The van der Waals surface area contributed by atoms with Crippen LogP contribution in [0.4, 0.5) is 0 Å². The van der Waals surface area contributed by atoms with Crippen molar-refractivity contribution in [2.75, 3.05) is 26.2 Å². The van der Waals surface area contributed by atoms with E-state index in [1.54, 1.807) is 0 Å². The molecule has 128 valence electrons. The smallest absolute Gasteiger partial charge is 0.0638 e. The quantitative estimate of drug-likeness (QED) is 0.722. The van der Waals surface area contributed by atoms with Crippen molar-refractivity contribution in [1.29, 1.82) is 0 Å². The second-order valence-corrected chi connectivity index (χ2v) is 7.21. The van der Waals surface area contributed by atoms with Crippen LogP contribution in [0.5, 0.6) is 0 Å². The maximum atomic E-state index is 4.61. The molecule has 2 aliphatic rings. The summed E-state index contributed by atoms with van der Waals surface area (Å²) < 4.78 is 2.01. The Bertz CT molecular complexity index is 501. The number of aryl methyl sites for hydroxylation is 1. The van der Waals surface area contributed by atoms with Crippen molar-refractivity contribution in [3.63, 3.8) is 0 Å². The molecule has 0 radical (unpaired) electrons. The summed E-state index contributed by atoms with van der Waals surface area (Å²) in [4.78, 5) is 5.36. The van der Waals surface area contributed by atoms with Crippen molar-refractivity contribution in [3.05, 3.63) is 30.1 Å². The molecule has 3 rings (SSSR count). The molecule has 4 nitrogen and oxygen atoms in total. The van der Waals surface area contributed by atoms with Gasteiger partial charge >= 0.3 is 0 Å². The van der Waals surface area contributed by atoms with E-state index in [2.05, 4.69) is 34.6 Å². The summed E-state index contributed by atoms with van der Waals surface area (Å²) in [6, 6.07) is 0.756. The van der Waals surface area contributed by atoms with Crippen molar-refractivity contribution in [2.45, 2.75) is 64.6 Å². The minimum absolute atomic E-state index is 0.756. The standard InChI is InChI=1S/C19H32N4/c1-3-10-23-16-18(17(2)20-23)15-22-13-5-4-8-19(22)9-14-21-11-6-7-12-21/h3,16,19H,1,4-15H2,2H3/t19-/m0/s1. The molecule has 0 saturated carbocycles. The molecule has 0 unspecified atom stereocenters. The Labute approximate surface area is 141 Å². The van der Waals surface area contributed by atoms with Crippen LogP contribution in [-0.2, 0) is 13.1 Å². The lowest BCUT2D eigenvalue weighted by Gasteiger charge is -2.36. The van der Waals surface area contributed by atoms with E-state index in [1.807, 2.05) is 10.8 Å². The summed E-state index contributed by atoms with van der Waals surface area (Å²) in [5, 5.41) is 4.61. The molecule has 0 N–H and O–H groups in total. The zero-order valence-corrected chi connectivity index (χ0v) is 14.7. The normalized spacial score (nSPS) is 23.4. The highest BCUT2D eigenvalue weighted by Crippen LogP contribution is 2.23. The minimum Gasteiger partial charge on any atom is -0.303 e. The Hall–Kier alpha value is -1.13. The number of aromatic nitrogens is 2. The predicted octanol–water partition coefficient (Wildman–Crippen LogP) is 3.22. The molecule has 3 heterocycles. The van der Waals surface area contributed by atoms with Gasteiger partial charge in [0.1, 0.15) is 0 Å². The van der Waals surface area contributed by atoms with E-state index in [4.69, 9.17) is 0 Å². The molecule has 0 amide bonds. The van der Waals surface area contributed by atoms with Gasteiger partial charge in [-0.2, -0.15) is 5.10 Å². The van der Waals surface area contributed by atoms with Gasteiger partial charge in [-0.3, -0.25) is 9.58 Å². The van der Waals surface area contributed by atoms with Crippen molar-refractivity contribution in [2.24, 2.45) is 0 Å². The Kier molecular flexibility index (Phi) is 5.90. The van der Waals surface area contributed by atoms with Gasteiger partial charge in [0.25, 0.3) is 0 Å². The maximum absolute atomic E-state index is 4.61. The Balaban J connectivity index is 1.58. The van der Waals surface area contributed by atoms with E-state index in [0.29, 0.717) is 0 Å². The predicted molar refractivity (Wildman–Crippen MR) is 95.5 cm³/mol. The van der Waals surface area contributed by atoms with Crippen LogP contribution in [0.3, 0.4) is 0 Å². The van der Waals surface area contributed by atoms with E-state index in [1.165, 1.54) is 76.0 Å². The summed E-state index contributed by atoms with van der Waals surface area (Å²) >= 11 is 0. The van der Waals surface area contributed by atoms with Crippen molar-refractivity contribution in [1.82, 2.24) is 19.6 Å². The molecule has 2 saturated heterocycles. The molecular weight excluding hydrogens is 284 g/mol. The molecule has 1 atom stereocenters. The lowest BCUT2D eigenvalue weighted by atomic mass is 9.98. The zero-order chi connectivity index (χ0) is 16.1. The Morgan fingerprint density at radius 3 is 2.78 bits per heavy atom. The molecular formula is C19H32N4. The van der Waals surface area contributed by atoms with Gasteiger partial charge in [0, 0.05) is 24.3 Å². The van der Waals surface area contributed by atoms with Gasteiger partial charge in [-0.05, 0) is 65.2 Å². The fourth-order valence-electron chi connectivity index (χ4n) is 4.09. The van der Waals surface area contributed by atoms with Gasteiger partial charge < -0.3 is 4.90 Å². The third-order valence-corrected chi connectivity index (χ3v) is 5.46. The van der Waals surface area contributed by atoms with E-state index < -0.39 is 0 Å². The van der Waals surface area contributed by atoms with Crippen molar-refractivity contribution < 1.29 is 0 Å². The molecule has 0 spiro atoms. The van der Waals surface area contributed by atoms with E-state index in [-0.39, 0.29) is 0 Å². The molecule has 2 aliphatic heterocycles. The van der Waals surface area contributed by atoms with Crippen LogP contribution in [-0.4, -0.2) is 51.8 Å². The van der Waals surface area contributed by atoms with E-state index in [0.717, 1.165) is 19.1 Å². The van der Waals surface area contributed by atoms with Gasteiger partial charge in [-0.25, -0.2) is 0 Å². The topological polar surface area (TPSA) is 24.3 Å². The van der Waals surface area contributed by atoms with E-state index in [9.17, 15) is 0 Å². The van der Waals surface area contributed by atoms with Crippen LogP contribution in [0.2, 0.25) is 0 Å². The highest BCUT2D eigenvalue weighted by Gasteiger charge is 2.24. The second kappa shape index (κ2) is 8.11. The summed E-state index contributed by atoms with van der Waals surface area (Å²) in [5.74, 6) is 0. The van der Waals surface area contributed by atoms with Crippen LogP contribution in [0, 0.1) is 6.92 Å². The third-order valence-electron chi connectivity index (χ3n) is 5.46. The fourth-order valence-corrected chi connectivity index (χ4v) is 4.09. The number of likely N-dealkylation sites (tertiary alicyclic amines) is 2. The fraction of sp³-hybridized carbons (Fsp3) is 0.737. The molecule has 23 heavy (non-hydrogen) atoms. The number of piperidine rings is 1. The van der Waals surface area contributed by atoms with Gasteiger partial charge in [-0.15, -0.1) is 6.58 Å². The second-order valence-electron chi connectivity index (χ2n) is 7.21. The molecule has 0 bridgehead atoms. The Morgan fingerprint density at radius 1 is 1.22 bits per heavy atom. The van der Waals surface area contributed by atoms with Gasteiger partial charge in [0.2, 0.25) is 0 Å². The zero-order valence-electron chi connectivity index (χ0n) is 14.7. The maximum Gasteiger partial charge on any atom is 0.0638 e. The number of allylic oxidation sites excluding steroid dienone is 1. The molecule has 0 aliphatic carbocycles. The van der Waals surface area contributed by atoms with Crippen LogP contribution in [0.15, 0.2) is 18.9 Å². The molecule has 1 aromatic heterocycles. The monoisotopic (exact) mass is 316 g/mol. The van der Waals surface area contributed by atoms with Crippen molar-refractivity contribution >= 4 is 0 Å². The van der Waals surface area contributed by atoms with Gasteiger partial charge in [-0.1, -0.05) is 12.5 Å². The highest BCUT2D eigenvalue weighted by atomic mass is 15.3. The summed E-state index contributed by atoms with van der Waals surface area (Å²) in [6.45, 7) is 13.0. The summed E-state index contributed by atoms with van der Waals surface area (Å²) in [5.41, 5.74) is 2.57. The van der Waals surface area contributed by atoms with Gasteiger partial charge in [0.15, 0.2) is 0 Å². The summed E-state index contributed by atoms with van der Waals surface area (Å²) in [6.07, 6.45) is 12.4. The Morgan fingerprint density at radius 2 is 2.00 bits per heavy atom. The highest BCUT2D eigenvalue weighted by molar-refractivity contribution is 5.15. The van der Waals surface area contributed by atoms with Crippen LogP contribution in [0.25, 0.3) is 0 Å². The lowest BCUT2D eigenvalue weighted by molar-refractivity contribution is 0.121. The SMILES string of the molecule is C=CCn1cc(CN2CCCC[C@H]2CCN2CCCC2)c(C)n1. The number of rotatable bonds is 7. The van der Waals surface area contributed by atoms with Crippen LogP contribution < -0.4 is 0 Å². The molecule has 1 aromatic rings. The number of hydrogen-bond acceptors (Lipinski definition) is 3. The number of hydrogen-bond donors (Lipinski definition) is 0. The molecule has 2 fully saturated rings. The first kappa shape index (κ1) is 16.7. The average molecular weight is 316 g/mol. The van der Waals surface area contributed by atoms with Gasteiger partial charge in [0.05, 0.1) is 12.2 Å². The first-order chi connectivity index (χ1) is 11.3. The van der Waals surface area contributed by atoms with Crippen molar-refractivity contribution in [3.8, 4) is 0 Å². The molecule has 4 heteroatoms. The summed E-state index contributed by atoms with van der Waals surface area (Å²) in [7, 11) is 0. The molecule has 0 aromatic carbocycles. The first-order valence-electron chi connectivity index (χ1n) is 9.36. The first-order valence-corrected chi connectivity index (χ1v) is 9.36. The van der Waals surface area contributed by atoms with Crippen LogP contribution in [0.1, 0.15) is 49.8 Å². The lowest BCUT2D eigenvalue weighted by Crippen LogP contribution is -2.41. The van der Waals surface area contributed by atoms with Crippen LogP contribution >= 0.6 is 0 Å².